The molecule has 0 radical (unpaired) electrons. The zero-order valence-corrected chi connectivity index (χ0v) is 17.8. The Hall–Kier alpha value is -2.78. The highest BCUT2D eigenvalue weighted by Gasteiger charge is 2.25. The Morgan fingerprint density at radius 1 is 1.21 bits per heavy atom. The summed E-state index contributed by atoms with van der Waals surface area (Å²) in [7, 11) is 0. The van der Waals surface area contributed by atoms with Gasteiger partial charge in [-0.3, -0.25) is 14.7 Å². The third-order valence-electron chi connectivity index (χ3n) is 4.45. The van der Waals surface area contributed by atoms with Crippen LogP contribution in [0.15, 0.2) is 58.5 Å². The first kappa shape index (κ1) is 19.5. The Morgan fingerprint density at radius 2 is 2.03 bits per heavy atom. The number of hydrogen-bond acceptors (Lipinski definition) is 5. The summed E-state index contributed by atoms with van der Waals surface area (Å²) in [6, 6.07) is 13.1. The fraction of sp³-hybridized carbons (Fsp3) is 0.200. The maximum absolute atomic E-state index is 13.2. The van der Waals surface area contributed by atoms with Gasteiger partial charge in [0.25, 0.3) is 0 Å². The second kappa shape index (κ2) is 8.71. The average Bonchev–Trinajstić information content (AvgIpc) is 3.36. The largest absolute Gasteiger partial charge is 0.336 e. The molecule has 9 heteroatoms. The average molecular weight is 472 g/mol. The molecule has 1 aliphatic rings. The summed E-state index contributed by atoms with van der Waals surface area (Å²) in [5.41, 5.74) is 2.24. The number of rotatable bonds is 6. The molecule has 0 unspecified atom stereocenters. The number of carbonyl (C=O) groups is 2. The number of carbonyl (C=O) groups excluding carboxylic acids is 2. The van der Waals surface area contributed by atoms with Crippen molar-refractivity contribution in [2.75, 3.05) is 22.9 Å². The molecule has 0 aliphatic carbocycles. The van der Waals surface area contributed by atoms with Crippen LogP contribution >= 0.6 is 27.3 Å². The maximum Gasteiger partial charge on any atom is 0.323 e. The molecule has 0 atom stereocenters. The van der Waals surface area contributed by atoms with E-state index < -0.39 is 0 Å². The smallest absolute Gasteiger partial charge is 0.323 e. The lowest BCUT2D eigenvalue weighted by atomic mass is 10.2. The Bertz CT molecular complexity index is 1010. The molecule has 148 valence electrons. The van der Waals surface area contributed by atoms with Crippen LogP contribution in [0.3, 0.4) is 0 Å². The van der Waals surface area contributed by atoms with E-state index >= 15 is 0 Å². The summed E-state index contributed by atoms with van der Waals surface area (Å²) in [6.45, 7) is 1.56. The Labute approximate surface area is 180 Å². The second-order valence-corrected chi connectivity index (χ2v) is 8.21. The zero-order chi connectivity index (χ0) is 20.2. The van der Waals surface area contributed by atoms with Gasteiger partial charge < -0.3 is 10.2 Å². The highest BCUT2D eigenvalue weighted by atomic mass is 79.9. The van der Waals surface area contributed by atoms with E-state index in [1.165, 1.54) is 11.3 Å². The fourth-order valence-electron chi connectivity index (χ4n) is 3.00. The van der Waals surface area contributed by atoms with Crippen molar-refractivity contribution in [2.45, 2.75) is 13.0 Å². The van der Waals surface area contributed by atoms with Gasteiger partial charge in [-0.05, 0) is 36.4 Å². The third kappa shape index (κ3) is 4.63. The number of aromatic nitrogens is 2. The highest BCUT2D eigenvalue weighted by Crippen LogP contribution is 2.24. The topological polar surface area (TPSA) is 78.4 Å². The Morgan fingerprint density at radius 3 is 2.72 bits per heavy atom. The van der Waals surface area contributed by atoms with Crippen LogP contribution in [0, 0.1) is 0 Å². The normalized spacial score (nSPS) is 13.4. The molecular formula is C20H18BrN5O2S. The molecule has 0 bridgehead atoms. The van der Waals surface area contributed by atoms with Crippen LogP contribution in [-0.2, 0) is 17.8 Å². The van der Waals surface area contributed by atoms with Gasteiger partial charge >= 0.3 is 6.03 Å². The van der Waals surface area contributed by atoms with Crippen molar-refractivity contribution in [2.24, 2.45) is 0 Å². The van der Waals surface area contributed by atoms with Crippen molar-refractivity contribution in [3.05, 3.63) is 69.9 Å². The molecule has 2 aromatic heterocycles. The van der Waals surface area contributed by atoms with E-state index in [0.717, 1.165) is 15.9 Å². The molecule has 1 saturated heterocycles. The lowest BCUT2D eigenvalue weighted by Crippen LogP contribution is -2.32. The Kier molecular flexibility index (Phi) is 5.86. The van der Waals surface area contributed by atoms with Gasteiger partial charge in [0.05, 0.1) is 24.4 Å². The van der Waals surface area contributed by atoms with Crippen LogP contribution in [0.2, 0.25) is 0 Å². The van der Waals surface area contributed by atoms with Crippen molar-refractivity contribution in [3.8, 4) is 0 Å². The number of pyridine rings is 1. The molecule has 1 aliphatic heterocycles. The summed E-state index contributed by atoms with van der Waals surface area (Å²) in [4.78, 5) is 37.1. The van der Waals surface area contributed by atoms with Gasteiger partial charge in [0.2, 0.25) is 5.91 Å². The van der Waals surface area contributed by atoms with Gasteiger partial charge in [0, 0.05) is 34.8 Å². The predicted molar refractivity (Wildman–Crippen MR) is 116 cm³/mol. The van der Waals surface area contributed by atoms with E-state index in [1.807, 2.05) is 47.8 Å². The van der Waals surface area contributed by atoms with Crippen molar-refractivity contribution in [1.82, 2.24) is 15.3 Å². The molecule has 3 heterocycles. The lowest BCUT2D eigenvalue weighted by Gasteiger charge is -2.22. The molecule has 3 amide bonds. The SMILES string of the molecule is O=C(Cc1csc(N2CCNC2=O)n1)N(Cc1ccccn1)c1ccc(Br)cc1. The van der Waals surface area contributed by atoms with E-state index in [0.29, 0.717) is 30.5 Å². The minimum atomic E-state index is -0.149. The fourth-order valence-corrected chi connectivity index (χ4v) is 4.12. The molecule has 1 aromatic carbocycles. The number of halogens is 1. The number of hydrogen-bond donors (Lipinski definition) is 1. The number of nitrogens with zero attached hydrogens (tertiary/aromatic N) is 4. The van der Waals surface area contributed by atoms with E-state index in [-0.39, 0.29) is 18.4 Å². The summed E-state index contributed by atoms with van der Waals surface area (Å²) >= 11 is 4.80. The quantitative estimate of drug-likeness (QED) is 0.595. The number of benzene rings is 1. The number of thiazole rings is 1. The van der Waals surface area contributed by atoms with E-state index in [9.17, 15) is 9.59 Å². The van der Waals surface area contributed by atoms with Gasteiger partial charge in [-0.25, -0.2) is 9.78 Å². The standard InChI is InChI=1S/C20H18BrN5O2S/c21-14-4-6-17(7-5-14)26(12-15-3-1-2-8-22-15)18(27)11-16-13-29-20(24-16)25-10-9-23-19(25)28/h1-8,13H,9-12H2,(H,23,28). The van der Waals surface area contributed by atoms with Crippen molar-refractivity contribution < 1.29 is 9.59 Å². The molecule has 0 spiro atoms. The molecule has 4 rings (SSSR count). The van der Waals surface area contributed by atoms with E-state index in [4.69, 9.17) is 0 Å². The minimum Gasteiger partial charge on any atom is -0.336 e. The van der Waals surface area contributed by atoms with Crippen LogP contribution in [-0.4, -0.2) is 35.0 Å². The zero-order valence-electron chi connectivity index (χ0n) is 15.4. The number of urea groups is 1. The monoisotopic (exact) mass is 471 g/mol. The van der Waals surface area contributed by atoms with Gasteiger partial charge in [-0.15, -0.1) is 11.3 Å². The second-order valence-electron chi connectivity index (χ2n) is 6.46. The maximum atomic E-state index is 13.2. The summed E-state index contributed by atoms with van der Waals surface area (Å²) < 4.78 is 0.944. The lowest BCUT2D eigenvalue weighted by molar-refractivity contribution is -0.118. The summed E-state index contributed by atoms with van der Waals surface area (Å²) in [5, 5.41) is 5.20. The predicted octanol–water partition coefficient (Wildman–Crippen LogP) is 3.61. The van der Waals surface area contributed by atoms with Crippen LogP contribution < -0.4 is 15.1 Å². The van der Waals surface area contributed by atoms with Crippen molar-refractivity contribution in [3.63, 3.8) is 0 Å². The first-order valence-electron chi connectivity index (χ1n) is 9.06. The minimum absolute atomic E-state index is 0.0827. The molecular weight excluding hydrogens is 454 g/mol. The Balaban J connectivity index is 1.54. The molecule has 1 N–H and O–H groups in total. The van der Waals surface area contributed by atoms with Crippen LogP contribution in [0.1, 0.15) is 11.4 Å². The van der Waals surface area contributed by atoms with Gasteiger partial charge in [0.1, 0.15) is 0 Å². The van der Waals surface area contributed by atoms with Gasteiger partial charge in [-0.2, -0.15) is 0 Å². The van der Waals surface area contributed by atoms with Crippen molar-refractivity contribution >= 4 is 50.0 Å². The molecule has 7 nitrogen and oxygen atoms in total. The number of nitrogens with one attached hydrogen (secondary N) is 1. The van der Waals surface area contributed by atoms with Gasteiger partial charge in [0.15, 0.2) is 5.13 Å². The molecule has 0 saturated carbocycles. The van der Waals surface area contributed by atoms with E-state index in [1.54, 1.807) is 16.0 Å². The molecule has 29 heavy (non-hydrogen) atoms. The summed E-state index contributed by atoms with van der Waals surface area (Å²) in [6.07, 6.45) is 1.86. The van der Waals surface area contributed by atoms with Crippen LogP contribution in [0.5, 0.6) is 0 Å². The molecule has 1 fully saturated rings. The van der Waals surface area contributed by atoms with Gasteiger partial charge in [-0.1, -0.05) is 22.0 Å². The number of amides is 3. The molecule has 3 aromatic rings. The third-order valence-corrected chi connectivity index (χ3v) is 5.89. The van der Waals surface area contributed by atoms with Crippen LogP contribution in [0.25, 0.3) is 0 Å². The van der Waals surface area contributed by atoms with Crippen molar-refractivity contribution in [1.29, 1.82) is 0 Å². The van der Waals surface area contributed by atoms with E-state index in [2.05, 4.69) is 31.2 Å². The first-order valence-corrected chi connectivity index (χ1v) is 10.7. The summed E-state index contributed by atoms with van der Waals surface area (Å²) in [5.74, 6) is -0.0827. The van der Waals surface area contributed by atoms with Crippen LogP contribution in [0.4, 0.5) is 15.6 Å². The first-order chi connectivity index (χ1) is 14.1. The number of anilines is 2. The highest BCUT2D eigenvalue weighted by molar-refractivity contribution is 9.10.